The second-order valence-electron chi connectivity index (χ2n) is 6.63. The van der Waals surface area contributed by atoms with Gasteiger partial charge in [-0.1, -0.05) is 24.3 Å². The van der Waals surface area contributed by atoms with Crippen molar-refractivity contribution in [1.29, 1.82) is 5.26 Å². The molecule has 0 saturated heterocycles. The number of nitrogens with zero attached hydrogens (tertiary/aromatic N) is 1. The van der Waals surface area contributed by atoms with Crippen LogP contribution in [0.5, 0.6) is 17.2 Å². The Bertz CT molecular complexity index is 1150. The Balaban J connectivity index is 1.59. The first kappa shape index (κ1) is 22.4. The lowest BCUT2D eigenvalue weighted by molar-refractivity contribution is -0.111. The van der Waals surface area contributed by atoms with Crippen molar-refractivity contribution < 1.29 is 23.4 Å². The number of nitrogens with one attached hydrogen (secondary N) is 1. The average molecular weight is 432 g/mol. The molecule has 0 heterocycles. The second-order valence-corrected chi connectivity index (χ2v) is 6.63. The van der Waals surface area contributed by atoms with Gasteiger partial charge in [0.05, 0.1) is 7.11 Å². The molecule has 1 N–H and O–H groups in total. The van der Waals surface area contributed by atoms with Crippen LogP contribution in [-0.4, -0.2) is 19.6 Å². The minimum atomic E-state index is -0.364. The van der Waals surface area contributed by atoms with Crippen LogP contribution < -0.4 is 19.5 Å². The van der Waals surface area contributed by atoms with E-state index in [0.29, 0.717) is 22.9 Å². The third kappa shape index (κ3) is 6.61. The molecule has 0 spiro atoms. The fraction of sp³-hybridized carbons (Fsp3) is 0.120. The molecule has 6 nitrogen and oxygen atoms in total. The Labute approximate surface area is 185 Å². The second kappa shape index (κ2) is 11.2. The SMILES string of the molecule is COc1cc(/C=C/C(=O)Nc2cccc(COc3cccc(F)c3)c2)ccc1OCC#N. The summed E-state index contributed by atoms with van der Waals surface area (Å²) in [7, 11) is 1.50. The summed E-state index contributed by atoms with van der Waals surface area (Å²) < 4.78 is 29.4. The molecule has 1 amide bonds. The smallest absolute Gasteiger partial charge is 0.248 e. The fourth-order valence-electron chi connectivity index (χ4n) is 2.84. The normalized spacial score (nSPS) is 10.4. The summed E-state index contributed by atoms with van der Waals surface area (Å²) in [5, 5.41) is 11.4. The number of amides is 1. The molecule has 0 aliphatic rings. The third-order valence-electron chi connectivity index (χ3n) is 4.30. The molecule has 0 atom stereocenters. The monoisotopic (exact) mass is 432 g/mol. The topological polar surface area (TPSA) is 80.6 Å². The zero-order valence-corrected chi connectivity index (χ0v) is 17.4. The Morgan fingerprint density at radius 1 is 1.06 bits per heavy atom. The zero-order chi connectivity index (χ0) is 22.8. The molecule has 3 rings (SSSR count). The van der Waals surface area contributed by atoms with E-state index in [1.807, 2.05) is 12.1 Å². The molecule has 7 heteroatoms. The van der Waals surface area contributed by atoms with Crippen molar-refractivity contribution in [3.8, 4) is 23.3 Å². The molecule has 0 unspecified atom stereocenters. The number of rotatable bonds is 9. The molecule has 0 aliphatic heterocycles. The van der Waals surface area contributed by atoms with Gasteiger partial charge >= 0.3 is 0 Å². The summed E-state index contributed by atoms with van der Waals surface area (Å²) in [5.74, 6) is 0.679. The maximum Gasteiger partial charge on any atom is 0.248 e. The molecule has 0 radical (unpaired) electrons. The van der Waals surface area contributed by atoms with E-state index in [2.05, 4.69) is 5.32 Å². The molecule has 0 aliphatic carbocycles. The van der Waals surface area contributed by atoms with Gasteiger partial charge in [-0.05, 0) is 53.6 Å². The first-order valence-corrected chi connectivity index (χ1v) is 9.71. The van der Waals surface area contributed by atoms with Crippen molar-refractivity contribution in [1.82, 2.24) is 0 Å². The number of hydrogen-bond acceptors (Lipinski definition) is 5. The van der Waals surface area contributed by atoms with Crippen LogP contribution in [0.1, 0.15) is 11.1 Å². The molecular formula is C25H21FN2O4. The number of anilines is 1. The summed E-state index contributed by atoms with van der Waals surface area (Å²) >= 11 is 0. The molecule has 0 fully saturated rings. The van der Waals surface area contributed by atoms with Gasteiger partial charge in [0.1, 0.15) is 24.2 Å². The van der Waals surface area contributed by atoms with Crippen molar-refractivity contribution in [2.45, 2.75) is 6.61 Å². The Kier molecular flexibility index (Phi) is 7.82. The Morgan fingerprint density at radius 3 is 2.69 bits per heavy atom. The van der Waals surface area contributed by atoms with Gasteiger partial charge in [-0.15, -0.1) is 0 Å². The number of carbonyl (C=O) groups is 1. The van der Waals surface area contributed by atoms with Crippen LogP contribution >= 0.6 is 0 Å². The van der Waals surface area contributed by atoms with Crippen LogP contribution in [0.25, 0.3) is 6.08 Å². The lowest BCUT2D eigenvalue weighted by atomic mass is 10.2. The van der Waals surface area contributed by atoms with E-state index in [0.717, 1.165) is 11.1 Å². The number of carbonyl (C=O) groups excluding carboxylic acids is 1. The summed E-state index contributed by atoms with van der Waals surface area (Å²) in [5.41, 5.74) is 2.17. The first-order chi connectivity index (χ1) is 15.6. The van der Waals surface area contributed by atoms with Gasteiger partial charge in [0, 0.05) is 17.8 Å². The summed E-state index contributed by atoms with van der Waals surface area (Å²) in [6, 6.07) is 20.2. The van der Waals surface area contributed by atoms with E-state index in [9.17, 15) is 9.18 Å². The minimum absolute atomic E-state index is 0.0830. The summed E-state index contributed by atoms with van der Waals surface area (Å²) in [6.45, 7) is 0.156. The molecular weight excluding hydrogens is 411 g/mol. The standard InChI is InChI=1S/C25H21FN2O4/c1-30-24-15-18(8-10-23(24)31-13-12-27)9-11-25(29)28-21-6-2-4-19(14-21)17-32-22-7-3-5-20(26)16-22/h2-11,14-16H,13,17H2,1H3,(H,28,29)/b11-9+. The van der Waals surface area contributed by atoms with Crippen LogP contribution in [0.4, 0.5) is 10.1 Å². The average Bonchev–Trinajstić information content (AvgIpc) is 2.80. The molecule has 3 aromatic rings. The van der Waals surface area contributed by atoms with E-state index in [1.165, 1.54) is 25.3 Å². The zero-order valence-electron chi connectivity index (χ0n) is 17.4. The fourth-order valence-corrected chi connectivity index (χ4v) is 2.84. The maximum atomic E-state index is 13.2. The molecule has 0 aromatic heterocycles. The van der Waals surface area contributed by atoms with Crippen molar-refractivity contribution >= 4 is 17.7 Å². The highest BCUT2D eigenvalue weighted by Gasteiger charge is 2.06. The maximum absolute atomic E-state index is 13.2. The van der Waals surface area contributed by atoms with E-state index in [1.54, 1.807) is 54.6 Å². The highest BCUT2D eigenvalue weighted by molar-refractivity contribution is 6.02. The summed E-state index contributed by atoms with van der Waals surface area (Å²) in [4.78, 5) is 12.3. The van der Waals surface area contributed by atoms with Gasteiger partial charge in [0.15, 0.2) is 18.1 Å². The lowest BCUT2D eigenvalue weighted by Crippen LogP contribution is -2.08. The van der Waals surface area contributed by atoms with Crippen LogP contribution in [-0.2, 0) is 11.4 Å². The number of halogens is 1. The van der Waals surface area contributed by atoms with Crippen molar-refractivity contribution in [3.05, 3.63) is 89.8 Å². The van der Waals surface area contributed by atoms with E-state index in [-0.39, 0.29) is 24.9 Å². The van der Waals surface area contributed by atoms with Crippen LogP contribution in [0.15, 0.2) is 72.8 Å². The van der Waals surface area contributed by atoms with Crippen molar-refractivity contribution in [2.75, 3.05) is 19.0 Å². The molecule has 32 heavy (non-hydrogen) atoms. The molecule has 0 bridgehead atoms. The van der Waals surface area contributed by atoms with Gasteiger partial charge in [-0.3, -0.25) is 4.79 Å². The van der Waals surface area contributed by atoms with Gasteiger partial charge in [-0.2, -0.15) is 5.26 Å². The van der Waals surface area contributed by atoms with E-state index in [4.69, 9.17) is 19.5 Å². The van der Waals surface area contributed by atoms with Crippen molar-refractivity contribution in [3.63, 3.8) is 0 Å². The lowest BCUT2D eigenvalue weighted by Gasteiger charge is -2.09. The van der Waals surface area contributed by atoms with Crippen LogP contribution in [0, 0.1) is 17.1 Å². The molecule has 0 saturated carbocycles. The van der Waals surface area contributed by atoms with E-state index < -0.39 is 0 Å². The number of nitriles is 1. The number of methoxy groups -OCH3 is 1. The van der Waals surface area contributed by atoms with E-state index >= 15 is 0 Å². The van der Waals surface area contributed by atoms with Gasteiger partial charge < -0.3 is 19.5 Å². The van der Waals surface area contributed by atoms with Crippen LogP contribution in [0.2, 0.25) is 0 Å². The van der Waals surface area contributed by atoms with Gasteiger partial charge in [-0.25, -0.2) is 4.39 Å². The Morgan fingerprint density at radius 2 is 1.91 bits per heavy atom. The predicted octanol–water partition coefficient (Wildman–Crippen LogP) is 4.97. The van der Waals surface area contributed by atoms with Crippen molar-refractivity contribution in [2.24, 2.45) is 0 Å². The largest absolute Gasteiger partial charge is 0.493 e. The quantitative estimate of drug-likeness (QED) is 0.483. The molecule has 162 valence electrons. The van der Waals surface area contributed by atoms with Gasteiger partial charge in [0.2, 0.25) is 5.91 Å². The minimum Gasteiger partial charge on any atom is -0.493 e. The highest BCUT2D eigenvalue weighted by atomic mass is 19.1. The predicted molar refractivity (Wildman–Crippen MR) is 119 cm³/mol. The highest BCUT2D eigenvalue weighted by Crippen LogP contribution is 2.28. The third-order valence-corrected chi connectivity index (χ3v) is 4.30. The number of hydrogen-bond donors (Lipinski definition) is 1. The Hall–Kier alpha value is -4.31. The van der Waals surface area contributed by atoms with Gasteiger partial charge in [0.25, 0.3) is 0 Å². The van der Waals surface area contributed by atoms with Crippen LogP contribution in [0.3, 0.4) is 0 Å². The summed E-state index contributed by atoms with van der Waals surface area (Å²) in [6.07, 6.45) is 3.04. The number of benzene rings is 3. The number of ether oxygens (including phenoxy) is 3. The first-order valence-electron chi connectivity index (χ1n) is 9.71. The molecule has 3 aromatic carbocycles.